The van der Waals surface area contributed by atoms with Crippen LogP contribution in [0, 0.1) is 0 Å². The second kappa shape index (κ2) is 5.34. The molecule has 19 heavy (non-hydrogen) atoms. The minimum Gasteiger partial charge on any atom is -0.340 e. The van der Waals surface area contributed by atoms with Gasteiger partial charge in [-0.3, -0.25) is 9.59 Å². The second-order valence-electron chi connectivity index (χ2n) is 4.66. The van der Waals surface area contributed by atoms with E-state index in [1.807, 2.05) is 13.8 Å². The van der Waals surface area contributed by atoms with E-state index in [1.54, 1.807) is 18.5 Å². The molecule has 1 aliphatic heterocycles. The molecular formula is C13H18N4O2. The largest absolute Gasteiger partial charge is 0.340 e. The number of hydrogen-bond acceptors (Lipinski definition) is 4. The minimum absolute atomic E-state index is 0.0513. The van der Waals surface area contributed by atoms with Crippen LogP contribution in [0.3, 0.4) is 0 Å². The van der Waals surface area contributed by atoms with E-state index in [4.69, 9.17) is 0 Å². The number of aromatic nitrogens is 2. The Kier molecular flexibility index (Phi) is 3.78. The van der Waals surface area contributed by atoms with Crippen LogP contribution in [0.25, 0.3) is 0 Å². The fraction of sp³-hybridized carbons (Fsp3) is 0.538. The number of nitrogens with one attached hydrogen (secondary N) is 1. The van der Waals surface area contributed by atoms with Gasteiger partial charge in [-0.25, -0.2) is 9.97 Å². The predicted octanol–water partition coefficient (Wildman–Crippen LogP) is 0.494. The van der Waals surface area contributed by atoms with Crippen molar-refractivity contribution < 1.29 is 9.59 Å². The Balaban J connectivity index is 2.21. The van der Waals surface area contributed by atoms with Gasteiger partial charge in [0.25, 0.3) is 0 Å². The van der Waals surface area contributed by atoms with Gasteiger partial charge in [0.05, 0.1) is 6.54 Å². The third kappa shape index (κ3) is 2.57. The quantitative estimate of drug-likeness (QED) is 0.857. The highest BCUT2D eigenvalue weighted by molar-refractivity contribution is 5.97. The first kappa shape index (κ1) is 13.5. The topological polar surface area (TPSA) is 75.2 Å². The molecule has 0 bridgehead atoms. The van der Waals surface area contributed by atoms with Crippen molar-refractivity contribution in [3.8, 4) is 0 Å². The first-order valence-corrected chi connectivity index (χ1v) is 6.47. The fourth-order valence-electron chi connectivity index (χ4n) is 2.35. The summed E-state index contributed by atoms with van der Waals surface area (Å²) in [6.45, 7) is 4.15. The molecule has 1 aromatic heterocycles. The molecular weight excluding hydrogens is 244 g/mol. The van der Waals surface area contributed by atoms with E-state index in [0.717, 1.165) is 0 Å². The highest BCUT2D eigenvalue weighted by Crippen LogP contribution is 2.22. The highest BCUT2D eigenvalue weighted by Gasteiger charge is 2.44. The molecule has 102 valence electrons. The van der Waals surface area contributed by atoms with Gasteiger partial charge in [0.2, 0.25) is 11.8 Å². The van der Waals surface area contributed by atoms with Crippen LogP contribution in [0.2, 0.25) is 0 Å². The van der Waals surface area contributed by atoms with Crippen LogP contribution in [-0.2, 0) is 16.1 Å². The van der Waals surface area contributed by atoms with E-state index in [-0.39, 0.29) is 24.9 Å². The van der Waals surface area contributed by atoms with Gasteiger partial charge in [0.1, 0.15) is 17.9 Å². The maximum Gasteiger partial charge on any atom is 0.249 e. The van der Waals surface area contributed by atoms with Crippen LogP contribution in [0.15, 0.2) is 18.5 Å². The van der Waals surface area contributed by atoms with Gasteiger partial charge in [-0.1, -0.05) is 13.8 Å². The third-order valence-corrected chi connectivity index (χ3v) is 3.57. The van der Waals surface area contributed by atoms with E-state index < -0.39 is 5.54 Å². The molecule has 2 rings (SSSR count). The van der Waals surface area contributed by atoms with Crippen molar-refractivity contribution in [1.29, 1.82) is 0 Å². The molecule has 6 heteroatoms. The smallest absolute Gasteiger partial charge is 0.249 e. The summed E-state index contributed by atoms with van der Waals surface area (Å²) in [6.07, 6.45) is 4.42. The lowest BCUT2D eigenvalue weighted by molar-refractivity contribution is -0.151. The van der Waals surface area contributed by atoms with E-state index in [2.05, 4.69) is 15.3 Å². The van der Waals surface area contributed by atoms with Crippen LogP contribution in [0.5, 0.6) is 0 Å². The molecule has 0 aliphatic carbocycles. The zero-order valence-electron chi connectivity index (χ0n) is 11.2. The number of hydrogen-bond donors (Lipinski definition) is 1. The minimum atomic E-state index is -0.774. The fourth-order valence-corrected chi connectivity index (χ4v) is 2.35. The summed E-state index contributed by atoms with van der Waals surface area (Å²) in [5, 5.41) is 2.82. The lowest BCUT2D eigenvalue weighted by atomic mass is 9.89. The summed E-state index contributed by atoms with van der Waals surface area (Å²) in [4.78, 5) is 34.0. The van der Waals surface area contributed by atoms with Gasteiger partial charge in [-0.2, -0.15) is 0 Å². The zero-order valence-corrected chi connectivity index (χ0v) is 11.2. The Bertz CT molecular complexity index is 471. The Morgan fingerprint density at radius 2 is 1.89 bits per heavy atom. The molecule has 0 spiro atoms. The van der Waals surface area contributed by atoms with Gasteiger partial charge in [-0.15, -0.1) is 0 Å². The average molecular weight is 262 g/mol. The maximum absolute atomic E-state index is 12.5. The van der Waals surface area contributed by atoms with Gasteiger partial charge < -0.3 is 10.2 Å². The van der Waals surface area contributed by atoms with Crippen LogP contribution < -0.4 is 5.32 Å². The number of amides is 2. The number of carbonyl (C=O) groups excluding carboxylic acids is 2. The molecule has 0 saturated carbocycles. The average Bonchev–Trinajstić information content (AvgIpc) is 2.44. The molecule has 0 aromatic carbocycles. The van der Waals surface area contributed by atoms with Gasteiger partial charge in [-0.05, 0) is 18.9 Å². The number of piperazine rings is 1. The van der Waals surface area contributed by atoms with Crippen LogP contribution in [-0.4, -0.2) is 38.8 Å². The molecule has 6 nitrogen and oxygen atoms in total. The summed E-state index contributed by atoms with van der Waals surface area (Å²) in [6, 6.07) is 1.72. The van der Waals surface area contributed by atoms with Crippen molar-refractivity contribution in [2.24, 2.45) is 0 Å². The first-order chi connectivity index (χ1) is 9.11. The van der Waals surface area contributed by atoms with E-state index in [1.165, 1.54) is 4.90 Å². The van der Waals surface area contributed by atoms with Crippen molar-refractivity contribution in [3.05, 3.63) is 24.3 Å². The van der Waals surface area contributed by atoms with E-state index in [9.17, 15) is 9.59 Å². The van der Waals surface area contributed by atoms with Crippen molar-refractivity contribution in [3.63, 3.8) is 0 Å². The van der Waals surface area contributed by atoms with Crippen molar-refractivity contribution >= 4 is 11.8 Å². The Morgan fingerprint density at radius 3 is 2.47 bits per heavy atom. The van der Waals surface area contributed by atoms with Crippen molar-refractivity contribution in [2.45, 2.75) is 38.8 Å². The van der Waals surface area contributed by atoms with E-state index in [0.29, 0.717) is 18.7 Å². The summed E-state index contributed by atoms with van der Waals surface area (Å²) in [7, 11) is 0. The van der Waals surface area contributed by atoms with Crippen LogP contribution in [0.4, 0.5) is 0 Å². The van der Waals surface area contributed by atoms with Crippen LogP contribution >= 0.6 is 0 Å². The lowest BCUT2D eigenvalue weighted by Gasteiger charge is -2.40. The molecule has 2 heterocycles. The zero-order chi connectivity index (χ0) is 13.9. The van der Waals surface area contributed by atoms with Gasteiger partial charge in [0.15, 0.2) is 0 Å². The van der Waals surface area contributed by atoms with Gasteiger partial charge >= 0.3 is 0 Å². The van der Waals surface area contributed by atoms with Gasteiger partial charge in [0, 0.05) is 12.4 Å². The summed E-state index contributed by atoms with van der Waals surface area (Å²) in [5.41, 5.74) is -0.774. The summed E-state index contributed by atoms with van der Waals surface area (Å²) < 4.78 is 0. The molecule has 2 amide bonds. The SMILES string of the molecule is CCC1(CC)NC(=O)CN(Cc2ncccn2)C1=O. The molecule has 0 unspecified atom stereocenters. The van der Waals surface area contributed by atoms with Crippen LogP contribution in [0.1, 0.15) is 32.5 Å². The molecule has 0 radical (unpaired) electrons. The van der Waals surface area contributed by atoms with Crippen molar-refractivity contribution in [1.82, 2.24) is 20.2 Å². The first-order valence-electron chi connectivity index (χ1n) is 6.47. The molecule has 1 saturated heterocycles. The van der Waals surface area contributed by atoms with E-state index >= 15 is 0 Å². The highest BCUT2D eigenvalue weighted by atomic mass is 16.2. The summed E-state index contributed by atoms with van der Waals surface area (Å²) in [5.74, 6) is 0.371. The molecule has 1 aliphatic rings. The normalized spacial score (nSPS) is 18.3. The second-order valence-corrected chi connectivity index (χ2v) is 4.66. The Morgan fingerprint density at radius 1 is 1.26 bits per heavy atom. The molecule has 0 atom stereocenters. The standard InChI is InChI=1S/C13H18N4O2/c1-3-13(4-2)12(19)17(9-11(18)16-13)8-10-14-6-5-7-15-10/h5-7H,3-4,8-9H2,1-2H3,(H,16,18). The number of rotatable bonds is 4. The number of nitrogens with zero attached hydrogens (tertiary/aromatic N) is 3. The lowest BCUT2D eigenvalue weighted by Crippen LogP contribution is -2.65. The molecule has 1 N–H and O–H groups in total. The Labute approximate surface area is 112 Å². The molecule has 1 aromatic rings. The number of carbonyl (C=O) groups is 2. The Hall–Kier alpha value is -1.98. The maximum atomic E-state index is 12.5. The molecule has 1 fully saturated rings. The monoisotopic (exact) mass is 262 g/mol. The predicted molar refractivity (Wildman–Crippen MR) is 68.9 cm³/mol. The van der Waals surface area contributed by atoms with Crippen molar-refractivity contribution in [2.75, 3.05) is 6.54 Å². The summed E-state index contributed by atoms with van der Waals surface area (Å²) >= 11 is 0. The third-order valence-electron chi connectivity index (χ3n) is 3.57.